The molecule has 3 N–H and O–H groups in total. The Hall–Kier alpha value is -0.840. The second-order valence-corrected chi connectivity index (χ2v) is 5.84. The molecule has 112 valence electrons. The van der Waals surface area contributed by atoms with Gasteiger partial charge in [-0.1, -0.05) is 40.9 Å². The van der Waals surface area contributed by atoms with Gasteiger partial charge < -0.3 is 10.8 Å². The van der Waals surface area contributed by atoms with Crippen molar-refractivity contribution in [3.8, 4) is 0 Å². The Bertz CT molecular complexity index is 631. The number of aliphatic hydroxyl groups excluding tert-OH is 1. The Balaban J connectivity index is 2.48. The van der Waals surface area contributed by atoms with Crippen molar-refractivity contribution in [3.63, 3.8) is 0 Å². The minimum Gasteiger partial charge on any atom is -0.388 e. The van der Waals surface area contributed by atoms with Crippen LogP contribution in [0.1, 0.15) is 23.1 Å². The first-order chi connectivity index (χ1) is 9.95. The van der Waals surface area contributed by atoms with Crippen molar-refractivity contribution in [2.24, 2.45) is 5.73 Å². The van der Waals surface area contributed by atoms with E-state index in [1.165, 1.54) is 18.2 Å². The number of hydrogen-bond donors (Lipinski definition) is 2. The molecule has 0 amide bonds. The van der Waals surface area contributed by atoms with Gasteiger partial charge in [0.1, 0.15) is 5.82 Å². The van der Waals surface area contributed by atoms with Crippen LogP contribution in [0.2, 0.25) is 15.1 Å². The summed E-state index contributed by atoms with van der Waals surface area (Å²) in [6, 6.07) is 9.02. The van der Waals surface area contributed by atoms with Gasteiger partial charge in [0, 0.05) is 38.7 Å². The molecule has 0 aromatic heterocycles. The summed E-state index contributed by atoms with van der Waals surface area (Å²) < 4.78 is 14.0. The monoisotopic (exact) mass is 347 g/mol. The van der Waals surface area contributed by atoms with E-state index in [0.717, 1.165) is 0 Å². The van der Waals surface area contributed by atoms with E-state index >= 15 is 0 Å². The third-order valence-corrected chi connectivity index (χ3v) is 4.19. The fraction of sp³-hybridized carbons (Fsp3) is 0.200. The molecule has 0 radical (unpaired) electrons. The highest BCUT2D eigenvalue weighted by atomic mass is 35.5. The lowest BCUT2D eigenvalue weighted by molar-refractivity contribution is 0.146. The van der Waals surface area contributed by atoms with Gasteiger partial charge in [0.05, 0.1) is 6.10 Å². The predicted octanol–water partition coefficient (Wildman–Crippen LogP) is 4.56. The summed E-state index contributed by atoms with van der Waals surface area (Å²) in [4.78, 5) is 0. The quantitative estimate of drug-likeness (QED) is 0.850. The Morgan fingerprint density at radius 3 is 2.43 bits per heavy atom. The van der Waals surface area contributed by atoms with Gasteiger partial charge in [0.2, 0.25) is 0 Å². The van der Waals surface area contributed by atoms with Crippen LogP contribution in [0.5, 0.6) is 0 Å². The molecule has 0 aliphatic heterocycles. The fourth-order valence-corrected chi connectivity index (χ4v) is 2.94. The molecule has 21 heavy (non-hydrogen) atoms. The Morgan fingerprint density at radius 2 is 1.81 bits per heavy atom. The summed E-state index contributed by atoms with van der Waals surface area (Å²) in [6.45, 7) is 0.00463. The maximum Gasteiger partial charge on any atom is 0.128 e. The molecule has 0 aliphatic carbocycles. The average molecular weight is 349 g/mol. The van der Waals surface area contributed by atoms with E-state index < -0.39 is 17.8 Å². The maximum atomic E-state index is 14.0. The molecule has 2 aromatic carbocycles. The molecule has 2 atom stereocenters. The van der Waals surface area contributed by atoms with Crippen LogP contribution in [0.25, 0.3) is 0 Å². The van der Waals surface area contributed by atoms with E-state index in [0.29, 0.717) is 15.6 Å². The topological polar surface area (TPSA) is 46.2 Å². The molecular weight excluding hydrogens is 336 g/mol. The highest BCUT2D eigenvalue weighted by Crippen LogP contribution is 2.38. The van der Waals surface area contributed by atoms with E-state index in [9.17, 15) is 9.50 Å². The number of aliphatic hydroxyl groups is 1. The van der Waals surface area contributed by atoms with Crippen LogP contribution in [0.4, 0.5) is 4.39 Å². The fourth-order valence-electron chi connectivity index (χ4n) is 2.23. The van der Waals surface area contributed by atoms with Gasteiger partial charge in [0.25, 0.3) is 0 Å². The van der Waals surface area contributed by atoms with Crippen molar-refractivity contribution in [2.45, 2.75) is 12.0 Å². The van der Waals surface area contributed by atoms with Crippen LogP contribution in [0.3, 0.4) is 0 Å². The van der Waals surface area contributed by atoms with E-state index in [4.69, 9.17) is 40.5 Å². The van der Waals surface area contributed by atoms with Gasteiger partial charge in [-0.3, -0.25) is 0 Å². The first-order valence-electron chi connectivity index (χ1n) is 6.22. The number of benzene rings is 2. The third-order valence-electron chi connectivity index (χ3n) is 3.28. The van der Waals surface area contributed by atoms with Crippen LogP contribution in [0.15, 0.2) is 36.4 Å². The van der Waals surface area contributed by atoms with E-state index in [2.05, 4.69) is 0 Å². The van der Waals surface area contributed by atoms with Crippen molar-refractivity contribution < 1.29 is 9.50 Å². The average Bonchev–Trinajstić information content (AvgIpc) is 2.45. The SMILES string of the molecule is NCC(c1c(F)cccc1Cl)C(O)c1cc(Cl)ccc1Cl. The highest BCUT2D eigenvalue weighted by Gasteiger charge is 2.27. The Morgan fingerprint density at radius 1 is 1.10 bits per heavy atom. The largest absolute Gasteiger partial charge is 0.388 e. The lowest BCUT2D eigenvalue weighted by Gasteiger charge is -2.24. The van der Waals surface area contributed by atoms with Gasteiger partial charge in [-0.2, -0.15) is 0 Å². The molecule has 2 nitrogen and oxygen atoms in total. The van der Waals surface area contributed by atoms with Crippen LogP contribution >= 0.6 is 34.8 Å². The zero-order valence-electron chi connectivity index (χ0n) is 10.9. The Kier molecular flexibility index (Phi) is 5.47. The van der Waals surface area contributed by atoms with Gasteiger partial charge >= 0.3 is 0 Å². The lowest BCUT2D eigenvalue weighted by atomic mass is 9.88. The van der Waals surface area contributed by atoms with Crippen molar-refractivity contribution in [1.29, 1.82) is 0 Å². The molecule has 2 rings (SSSR count). The standard InChI is InChI=1S/C15H13Cl3FNO/c16-8-4-5-11(17)9(6-8)15(21)10(7-20)14-12(18)2-1-3-13(14)19/h1-6,10,15,21H,7,20H2. The van der Waals surface area contributed by atoms with Crippen molar-refractivity contribution in [3.05, 3.63) is 68.4 Å². The molecule has 0 fully saturated rings. The van der Waals surface area contributed by atoms with Crippen molar-refractivity contribution >= 4 is 34.8 Å². The summed E-state index contributed by atoms with van der Waals surface area (Å²) in [6.07, 6.45) is -1.12. The maximum absolute atomic E-state index is 14.0. The summed E-state index contributed by atoms with van der Waals surface area (Å²) >= 11 is 18.0. The molecule has 0 heterocycles. The molecule has 6 heteroatoms. The number of rotatable bonds is 4. The van der Waals surface area contributed by atoms with Crippen LogP contribution in [-0.4, -0.2) is 11.7 Å². The minimum absolute atomic E-state index is 0.00463. The zero-order chi connectivity index (χ0) is 15.6. The molecule has 0 saturated heterocycles. The second-order valence-electron chi connectivity index (χ2n) is 4.59. The molecule has 0 bridgehead atoms. The molecular formula is C15H13Cl3FNO. The zero-order valence-corrected chi connectivity index (χ0v) is 13.1. The first kappa shape index (κ1) is 16.5. The van der Waals surface area contributed by atoms with Crippen LogP contribution in [0, 0.1) is 5.82 Å². The molecule has 0 aliphatic rings. The lowest BCUT2D eigenvalue weighted by Crippen LogP contribution is -2.22. The van der Waals surface area contributed by atoms with Gasteiger partial charge in [-0.25, -0.2) is 4.39 Å². The Labute approximate surface area is 137 Å². The molecule has 0 saturated carbocycles. The molecule has 0 spiro atoms. The molecule has 2 unspecified atom stereocenters. The number of hydrogen-bond acceptors (Lipinski definition) is 2. The van der Waals surface area contributed by atoms with Gasteiger partial charge in [-0.05, 0) is 30.3 Å². The van der Waals surface area contributed by atoms with Crippen LogP contribution < -0.4 is 5.73 Å². The van der Waals surface area contributed by atoms with E-state index in [-0.39, 0.29) is 17.1 Å². The van der Waals surface area contributed by atoms with Crippen molar-refractivity contribution in [2.75, 3.05) is 6.54 Å². The summed E-state index contributed by atoms with van der Waals surface area (Å²) in [5, 5.41) is 11.5. The van der Waals surface area contributed by atoms with E-state index in [1.54, 1.807) is 18.2 Å². The number of halogens is 4. The van der Waals surface area contributed by atoms with Crippen molar-refractivity contribution in [1.82, 2.24) is 0 Å². The first-order valence-corrected chi connectivity index (χ1v) is 7.36. The second kappa shape index (κ2) is 6.95. The van der Waals surface area contributed by atoms with E-state index in [1.807, 2.05) is 0 Å². The number of nitrogens with two attached hydrogens (primary N) is 1. The minimum atomic E-state index is -1.12. The molecule has 2 aromatic rings. The summed E-state index contributed by atoms with van der Waals surface area (Å²) in [7, 11) is 0. The summed E-state index contributed by atoms with van der Waals surface area (Å²) in [5.41, 5.74) is 6.27. The highest BCUT2D eigenvalue weighted by molar-refractivity contribution is 6.33. The summed E-state index contributed by atoms with van der Waals surface area (Å²) in [5.74, 6) is -1.25. The smallest absolute Gasteiger partial charge is 0.128 e. The third kappa shape index (κ3) is 3.50. The van der Waals surface area contributed by atoms with Gasteiger partial charge in [-0.15, -0.1) is 0 Å². The normalized spacial score (nSPS) is 14.0. The van der Waals surface area contributed by atoms with Gasteiger partial charge in [0.15, 0.2) is 0 Å². The van der Waals surface area contributed by atoms with Crippen LogP contribution in [-0.2, 0) is 0 Å². The predicted molar refractivity (Wildman–Crippen MR) is 84.6 cm³/mol.